The SMILES string of the molecule is CCCCCC(C)CCC(C)CCC. The van der Waals surface area contributed by atoms with Gasteiger partial charge in [0.15, 0.2) is 0 Å². The van der Waals surface area contributed by atoms with Crippen LogP contribution in [-0.4, -0.2) is 0 Å². The Hall–Kier alpha value is 0. The van der Waals surface area contributed by atoms with Crippen molar-refractivity contribution in [3.05, 3.63) is 0 Å². The first-order chi connectivity index (χ1) is 6.70. The molecular formula is C14H30. The summed E-state index contributed by atoms with van der Waals surface area (Å²) in [4.78, 5) is 0. The van der Waals surface area contributed by atoms with Gasteiger partial charge in [-0.15, -0.1) is 0 Å². The van der Waals surface area contributed by atoms with Crippen LogP contribution in [0.3, 0.4) is 0 Å². The summed E-state index contributed by atoms with van der Waals surface area (Å²) in [6, 6.07) is 0. The molecule has 0 saturated heterocycles. The molecule has 0 radical (unpaired) electrons. The van der Waals surface area contributed by atoms with Gasteiger partial charge in [-0.2, -0.15) is 0 Å². The van der Waals surface area contributed by atoms with Crippen LogP contribution in [0, 0.1) is 11.8 Å². The molecule has 0 aliphatic heterocycles. The third-order valence-electron chi connectivity index (χ3n) is 3.23. The van der Waals surface area contributed by atoms with Crippen LogP contribution in [0.1, 0.15) is 79.1 Å². The van der Waals surface area contributed by atoms with Gasteiger partial charge in [0, 0.05) is 0 Å². The first-order valence-corrected chi connectivity index (χ1v) is 6.70. The second-order valence-electron chi connectivity index (χ2n) is 5.07. The highest BCUT2D eigenvalue weighted by Gasteiger charge is 2.05. The zero-order chi connectivity index (χ0) is 10.8. The Morgan fingerprint density at radius 1 is 0.643 bits per heavy atom. The van der Waals surface area contributed by atoms with Crippen molar-refractivity contribution in [2.45, 2.75) is 79.1 Å². The van der Waals surface area contributed by atoms with E-state index in [4.69, 9.17) is 0 Å². The van der Waals surface area contributed by atoms with Crippen molar-refractivity contribution in [3.8, 4) is 0 Å². The van der Waals surface area contributed by atoms with E-state index in [9.17, 15) is 0 Å². The van der Waals surface area contributed by atoms with Crippen molar-refractivity contribution in [2.75, 3.05) is 0 Å². The van der Waals surface area contributed by atoms with Gasteiger partial charge in [0.2, 0.25) is 0 Å². The topological polar surface area (TPSA) is 0 Å². The second kappa shape index (κ2) is 9.55. The molecule has 0 aliphatic rings. The fourth-order valence-electron chi connectivity index (χ4n) is 2.09. The van der Waals surface area contributed by atoms with Gasteiger partial charge >= 0.3 is 0 Å². The fourth-order valence-corrected chi connectivity index (χ4v) is 2.09. The summed E-state index contributed by atoms with van der Waals surface area (Å²) < 4.78 is 0. The molecule has 0 aromatic rings. The van der Waals surface area contributed by atoms with Crippen LogP contribution in [0.2, 0.25) is 0 Å². The zero-order valence-electron chi connectivity index (χ0n) is 10.8. The molecule has 0 aliphatic carbocycles. The Labute approximate surface area is 91.5 Å². The third-order valence-corrected chi connectivity index (χ3v) is 3.23. The van der Waals surface area contributed by atoms with E-state index in [2.05, 4.69) is 27.7 Å². The molecule has 0 rings (SSSR count). The maximum atomic E-state index is 2.42. The average molecular weight is 198 g/mol. The summed E-state index contributed by atoms with van der Waals surface area (Å²) in [7, 11) is 0. The van der Waals surface area contributed by atoms with Gasteiger partial charge in [-0.1, -0.05) is 79.1 Å². The molecule has 0 spiro atoms. The van der Waals surface area contributed by atoms with Crippen molar-refractivity contribution in [2.24, 2.45) is 11.8 Å². The molecule has 0 aromatic carbocycles. The van der Waals surface area contributed by atoms with Crippen LogP contribution in [0.15, 0.2) is 0 Å². The van der Waals surface area contributed by atoms with Gasteiger partial charge in [0.25, 0.3) is 0 Å². The smallest absolute Gasteiger partial charge is 0.0443 e. The molecule has 0 heteroatoms. The lowest BCUT2D eigenvalue weighted by atomic mass is 9.92. The number of hydrogen-bond acceptors (Lipinski definition) is 0. The van der Waals surface area contributed by atoms with Crippen molar-refractivity contribution in [1.82, 2.24) is 0 Å². The van der Waals surface area contributed by atoms with Crippen LogP contribution < -0.4 is 0 Å². The van der Waals surface area contributed by atoms with E-state index in [0.717, 1.165) is 11.8 Å². The van der Waals surface area contributed by atoms with Crippen molar-refractivity contribution >= 4 is 0 Å². The summed E-state index contributed by atoms with van der Waals surface area (Å²) in [6.07, 6.45) is 11.3. The predicted octanol–water partition coefficient (Wildman–Crippen LogP) is 5.42. The molecule has 2 atom stereocenters. The molecule has 86 valence electrons. The molecule has 0 aromatic heterocycles. The highest BCUT2D eigenvalue weighted by Crippen LogP contribution is 2.20. The Morgan fingerprint density at radius 3 is 1.71 bits per heavy atom. The number of hydrogen-bond donors (Lipinski definition) is 0. The summed E-state index contributed by atoms with van der Waals surface area (Å²) in [5.74, 6) is 1.91. The lowest BCUT2D eigenvalue weighted by molar-refractivity contribution is 0.386. The van der Waals surface area contributed by atoms with E-state index in [0.29, 0.717) is 0 Å². The van der Waals surface area contributed by atoms with Gasteiger partial charge in [-0.05, 0) is 11.8 Å². The minimum Gasteiger partial charge on any atom is -0.0654 e. The Kier molecular flexibility index (Phi) is 9.55. The fraction of sp³-hybridized carbons (Fsp3) is 1.00. The minimum atomic E-state index is 0.952. The maximum absolute atomic E-state index is 2.42. The van der Waals surface area contributed by atoms with Gasteiger partial charge in [0.1, 0.15) is 0 Å². The first kappa shape index (κ1) is 14.0. The maximum Gasteiger partial charge on any atom is -0.0443 e. The Morgan fingerprint density at radius 2 is 1.21 bits per heavy atom. The molecule has 0 fully saturated rings. The molecule has 0 heterocycles. The standard InChI is InChI=1S/C14H30/c1-5-7-8-10-14(4)12-11-13(3)9-6-2/h13-14H,5-12H2,1-4H3. The largest absolute Gasteiger partial charge is 0.0654 e. The zero-order valence-corrected chi connectivity index (χ0v) is 10.8. The van der Waals surface area contributed by atoms with Crippen LogP contribution in [0.5, 0.6) is 0 Å². The van der Waals surface area contributed by atoms with E-state index in [1.54, 1.807) is 0 Å². The molecule has 0 N–H and O–H groups in total. The molecule has 2 unspecified atom stereocenters. The Bertz CT molecular complexity index is 107. The van der Waals surface area contributed by atoms with E-state index in [1.165, 1.54) is 51.4 Å². The van der Waals surface area contributed by atoms with Gasteiger partial charge < -0.3 is 0 Å². The van der Waals surface area contributed by atoms with E-state index in [1.807, 2.05) is 0 Å². The van der Waals surface area contributed by atoms with E-state index in [-0.39, 0.29) is 0 Å². The minimum absolute atomic E-state index is 0.952. The molecule has 0 saturated carbocycles. The monoisotopic (exact) mass is 198 g/mol. The molecular weight excluding hydrogens is 168 g/mol. The average Bonchev–Trinajstić information content (AvgIpc) is 2.16. The van der Waals surface area contributed by atoms with Crippen LogP contribution in [0.4, 0.5) is 0 Å². The van der Waals surface area contributed by atoms with Crippen molar-refractivity contribution in [3.63, 3.8) is 0 Å². The van der Waals surface area contributed by atoms with Gasteiger partial charge in [-0.3, -0.25) is 0 Å². The van der Waals surface area contributed by atoms with Gasteiger partial charge in [0.05, 0.1) is 0 Å². The molecule has 14 heavy (non-hydrogen) atoms. The summed E-state index contributed by atoms with van der Waals surface area (Å²) in [5, 5.41) is 0. The van der Waals surface area contributed by atoms with E-state index >= 15 is 0 Å². The highest BCUT2D eigenvalue weighted by atomic mass is 14.1. The number of unbranched alkanes of at least 4 members (excludes halogenated alkanes) is 2. The normalized spacial score (nSPS) is 15.4. The summed E-state index contributed by atoms with van der Waals surface area (Å²) in [6.45, 7) is 9.41. The highest BCUT2D eigenvalue weighted by molar-refractivity contribution is 4.58. The van der Waals surface area contributed by atoms with Crippen LogP contribution in [-0.2, 0) is 0 Å². The third kappa shape index (κ3) is 8.59. The van der Waals surface area contributed by atoms with Crippen molar-refractivity contribution in [1.29, 1.82) is 0 Å². The lowest BCUT2D eigenvalue weighted by Crippen LogP contribution is -2.00. The van der Waals surface area contributed by atoms with Crippen molar-refractivity contribution < 1.29 is 0 Å². The van der Waals surface area contributed by atoms with Crippen LogP contribution in [0.25, 0.3) is 0 Å². The van der Waals surface area contributed by atoms with Crippen LogP contribution >= 0.6 is 0 Å². The first-order valence-electron chi connectivity index (χ1n) is 6.70. The molecule has 0 amide bonds. The molecule has 0 nitrogen and oxygen atoms in total. The quantitative estimate of drug-likeness (QED) is 0.434. The van der Waals surface area contributed by atoms with Gasteiger partial charge in [-0.25, -0.2) is 0 Å². The Balaban J connectivity index is 3.29. The molecule has 0 bridgehead atoms. The predicted molar refractivity (Wildman–Crippen MR) is 66.6 cm³/mol. The lowest BCUT2D eigenvalue weighted by Gasteiger charge is -2.14. The number of rotatable bonds is 9. The summed E-state index contributed by atoms with van der Waals surface area (Å²) in [5.41, 5.74) is 0. The van der Waals surface area contributed by atoms with E-state index < -0.39 is 0 Å². The second-order valence-corrected chi connectivity index (χ2v) is 5.07. The summed E-state index contributed by atoms with van der Waals surface area (Å²) >= 11 is 0.